The lowest BCUT2D eigenvalue weighted by molar-refractivity contribution is 0.0572. The van der Waals surface area contributed by atoms with Gasteiger partial charge in [-0.2, -0.15) is 0 Å². The molecule has 0 bridgehead atoms. The summed E-state index contributed by atoms with van der Waals surface area (Å²) in [5, 5.41) is 19.1. The predicted molar refractivity (Wildman–Crippen MR) is 58.7 cm³/mol. The Balaban J connectivity index is 2.14. The number of amides is 1. The van der Waals surface area contributed by atoms with Gasteiger partial charge in [-0.05, 0) is 6.07 Å². The van der Waals surface area contributed by atoms with E-state index in [0.717, 1.165) is 0 Å². The van der Waals surface area contributed by atoms with Crippen molar-refractivity contribution in [3.63, 3.8) is 0 Å². The monoisotopic (exact) mass is 264 g/mol. The molecule has 1 saturated heterocycles. The van der Waals surface area contributed by atoms with Gasteiger partial charge in [0.25, 0.3) is 5.91 Å². The van der Waals surface area contributed by atoms with Crippen molar-refractivity contribution in [1.82, 2.24) is 9.88 Å². The zero-order chi connectivity index (χ0) is 11.9. The van der Waals surface area contributed by atoms with Gasteiger partial charge in [-0.1, -0.05) is 23.2 Å². The lowest BCUT2D eigenvalue weighted by Crippen LogP contribution is -2.30. The van der Waals surface area contributed by atoms with Gasteiger partial charge in [0.2, 0.25) is 0 Å². The van der Waals surface area contributed by atoms with Crippen molar-refractivity contribution < 1.29 is 15.0 Å². The summed E-state index contributed by atoms with van der Waals surface area (Å²) in [7, 11) is 0. The molecule has 1 aliphatic rings. The summed E-state index contributed by atoms with van der Waals surface area (Å²) < 4.78 is 0. The summed E-state index contributed by atoms with van der Waals surface area (Å²) in [6, 6.07) is 1.42. The number of aromatic nitrogens is 1. The number of nitrogens with zero attached hydrogens (tertiary/aromatic N) is 1. The molecule has 0 spiro atoms. The summed E-state index contributed by atoms with van der Waals surface area (Å²) in [5.41, 5.74) is 0.247. The summed E-state index contributed by atoms with van der Waals surface area (Å²) in [6.45, 7) is 0.211. The first-order valence-corrected chi connectivity index (χ1v) is 5.44. The summed E-state index contributed by atoms with van der Waals surface area (Å²) in [6.07, 6.45) is -1.80. The van der Waals surface area contributed by atoms with E-state index >= 15 is 0 Å². The molecule has 1 aromatic heterocycles. The van der Waals surface area contributed by atoms with E-state index in [-0.39, 0.29) is 34.9 Å². The Bertz CT molecular complexity index is 391. The molecule has 0 saturated carbocycles. The highest BCUT2D eigenvalue weighted by Gasteiger charge is 2.33. The van der Waals surface area contributed by atoms with Crippen molar-refractivity contribution in [2.24, 2.45) is 0 Å². The van der Waals surface area contributed by atoms with Gasteiger partial charge < -0.3 is 20.1 Å². The third kappa shape index (κ3) is 2.04. The predicted octanol–water partition coefficient (Wildman–Crippen LogP) is 0.499. The summed E-state index contributed by atoms with van der Waals surface area (Å²) >= 11 is 11.4. The molecule has 16 heavy (non-hydrogen) atoms. The number of carbonyl (C=O) groups excluding carboxylic acids is 1. The van der Waals surface area contributed by atoms with Crippen LogP contribution in [0.3, 0.4) is 0 Å². The first kappa shape index (κ1) is 11.7. The number of aliphatic hydroxyl groups is 2. The highest BCUT2D eigenvalue weighted by atomic mass is 35.5. The van der Waals surface area contributed by atoms with Gasteiger partial charge >= 0.3 is 0 Å². The molecule has 5 nitrogen and oxygen atoms in total. The zero-order valence-corrected chi connectivity index (χ0v) is 9.66. The quantitative estimate of drug-likeness (QED) is 0.692. The average Bonchev–Trinajstić information content (AvgIpc) is 2.72. The fourth-order valence-electron chi connectivity index (χ4n) is 1.62. The molecule has 1 amide bonds. The number of nitrogens with one attached hydrogen (secondary N) is 1. The minimum Gasteiger partial charge on any atom is -0.388 e. The highest BCUT2D eigenvalue weighted by molar-refractivity contribution is 6.41. The van der Waals surface area contributed by atoms with E-state index in [1.165, 1.54) is 11.0 Å². The maximum atomic E-state index is 11.9. The molecular formula is C9H10Cl2N2O3. The maximum absolute atomic E-state index is 11.9. The first-order valence-electron chi connectivity index (χ1n) is 4.68. The van der Waals surface area contributed by atoms with Crippen molar-refractivity contribution in [1.29, 1.82) is 0 Å². The Hall–Kier alpha value is -0.750. The number of hydrogen-bond acceptors (Lipinski definition) is 3. The van der Waals surface area contributed by atoms with E-state index in [9.17, 15) is 15.0 Å². The second-order valence-corrected chi connectivity index (χ2v) is 4.47. The Kier molecular flexibility index (Phi) is 3.12. The maximum Gasteiger partial charge on any atom is 0.270 e. The number of carbonyl (C=O) groups is 1. The Labute approximate surface area is 102 Å². The fraction of sp³-hybridized carbons (Fsp3) is 0.444. The van der Waals surface area contributed by atoms with Crippen molar-refractivity contribution >= 4 is 29.1 Å². The Morgan fingerprint density at radius 3 is 2.38 bits per heavy atom. The Morgan fingerprint density at radius 1 is 1.38 bits per heavy atom. The van der Waals surface area contributed by atoms with E-state index in [2.05, 4.69) is 4.98 Å². The SMILES string of the molecule is O=C(c1cc(Cl)c(Cl)[nH]1)N1CC(O)C(O)C1. The molecule has 2 unspecified atom stereocenters. The molecule has 0 aliphatic carbocycles. The van der Waals surface area contributed by atoms with Gasteiger partial charge in [-0.25, -0.2) is 0 Å². The van der Waals surface area contributed by atoms with Crippen molar-refractivity contribution in [2.75, 3.05) is 13.1 Å². The fourth-order valence-corrected chi connectivity index (χ4v) is 1.94. The third-order valence-electron chi connectivity index (χ3n) is 2.50. The molecule has 2 rings (SSSR count). The van der Waals surface area contributed by atoms with Crippen LogP contribution in [-0.4, -0.2) is 51.3 Å². The van der Waals surface area contributed by atoms with E-state index < -0.39 is 12.2 Å². The van der Waals surface area contributed by atoms with Crippen molar-refractivity contribution in [2.45, 2.75) is 12.2 Å². The number of H-pyrrole nitrogens is 1. The molecule has 2 atom stereocenters. The largest absolute Gasteiger partial charge is 0.388 e. The van der Waals surface area contributed by atoms with Crippen LogP contribution in [0.15, 0.2) is 6.07 Å². The summed E-state index contributed by atoms with van der Waals surface area (Å²) in [5.74, 6) is -0.343. The van der Waals surface area contributed by atoms with Crippen LogP contribution in [0.2, 0.25) is 10.2 Å². The average molecular weight is 265 g/mol. The molecule has 1 aromatic rings. The third-order valence-corrected chi connectivity index (χ3v) is 3.19. The highest BCUT2D eigenvalue weighted by Crippen LogP contribution is 2.23. The normalized spacial score (nSPS) is 25.1. The van der Waals surface area contributed by atoms with Crippen LogP contribution in [0.25, 0.3) is 0 Å². The number of β-amino-alcohol motifs (C(OH)–C–C–N with tert-alkyl or cyclic N) is 2. The second-order valence-electron chi connectivity index (χ2n) is 3.69. The van der Waals surface area contributed by atoms with Crippen LogP contribution in [0.5, 0.6) is 0 Å². The van der Waals surface area contributed by atoms with E-state index in [4.69, 9.17) is 23.2 Å². The van der Waals surface area contributed by atoms with Gasteiger partial charge in [0.15, 0.2) is 0 Å². The topological polar surface area (TPSA) is 76.6 Å². The molecule has 7 heteroatoms. The molecule has 0 radical (unpaired) electrons. The van der Waals surface area contributed by atoms with Crippen LogP contribution >= 0.6 is 23.2 Å². The molecule has 2 heterocycles. The molecule has 3 N–H and O–H groups in total. The van der Waals surface area contributed by atoms with Gasteiger partial charge in [-0.3, -0.25) is 4.79 Å². The molecule has 1 fully saturated rings. The van der Waals surface area contributed by atoms with Gasteiger partial charge in [0, 0.05) is 13.1 Å². The number of rotatable bonds is 1. The number of aromatic amines is 1. The van der Waals surface area contributed by atoms with Crippen LogP contribution in [0.1, 0.15) is 10.5 Å². The van der Waals surface area contributed by atoms with Crippen molar-refractivity contribution in [3.8, 4) is 0 Å². The van der Waals surface area contributed by atoms with Crippen LogP contribution in [0.4, 0.5) is 0 Å². The van der Waals surface area contributed by atoms with Crippen molar-refractivity contribution in [3.05, 3.63) is 21.9 Å². The first-order chi connectivity index (χ1) is 7.49. The molecular weight excluding hydrogens is 255 g/mol. The number of hydrogen-bond donors (Lipinski definition) is 3. The number of halogens is 2. The van der Waals surface area contributed by atoms with Crippen LogP contribution in [0, 0.1) is 0 Å². The van der Waals surface area contributed by atoms with Gasteiger partial charge in [0.1, 0.15) is 10.8 Å². The second kappa shape index (κ2) is 4.25. The summed E-state index contributed by atoms with van der Waals surface area (Å²) in [4.78, 5) is 15.8. The molecule has 1 aliphatic heterocycles. The van der Waals surface area contributed by atoms with E-state index in [1.54, 1.807) is 0 Å². The van der Waals surface area contributed by atoms with Gasteiger partial charge in [-0.15, -0.1) is 0 Å². The van der Waals surface area contributed by atoms with E-state index in [0.29, 0.717) is 0 Å². The molecule has 88 valence electrons. The number of aliphatic hydroxyl groups excluding tert-OH is 2. The smallest absolute Gasteiger partial charge is 0.270 e. The Morgan fingerprint density at radius 2 is 1.94 bits per heavy atom. The minimum atomic E-state index is -0.898. The van der Waals surface area contributed by atoms with Gasteiger partial charge in [0.05, 0.1) is 17.2 Å². The van der Waals surface area contributed by atoms with E-state index in [1.807, 2.05) is 0 Å². The van der Waals surface area contributed by atoms with Crippen LogP contribution < -0.4 is 0 Å². The lowest BCUT2D eigenvalue weighted by Gasteiger charge is -2.13. The number of likely N-dealkylation sites (tertiary alicyclic amines) is 1. The van der Waals surface area contributed by atoms with Crippen LogP contribution in [-0.2, 0) is 0 Å². The zero-order valence-electron chi connectivity index (χ0n) is 8.15. The minimum absolute atomic E-state index is 0.105. The standard InChI is InChI=1S/C9H10Cl2N2O3/c10-4-1-5(12-8(4)11)9(16)13-2-6(14)7(15)3-13/h1,6-7,12,14-15H,2-3H2. The lowest BCUT2D eigenvalue weighted by atomic mass is 10.3. The molecule has 0 aromatic carbocycles.